The summed E-state index contributed by atoms with van der Waals surface area (Å²) in [5.74, 6) is 0.0712. The van der Waals surface area contributed by atoms with Gasteiger partial charge in [0.05, 0.1) is 13.2 Å². The molecule has 0 aromatic heterocycles. The van der Waals surface area contributed by atoms with Gasteiger partial charge in [-0.15, -0.1) is 0 Å². The van der Waals surface area contributed by atoms with Crippen molar-refractivity contribution in [3.05, 3.63) is 72.0 Å². The molecule has 1 fully saturated rings. The summed E-state index contributed by atoms with van der Waals surface area (Å²) in [5.41, 5.74) is 2.61. The maximum Gasteiger partial charge on any atom is 0.251 e. The molecule has 3 aromatic carbocycles. The lowest BCUT2D eigenvalue weighted by atomic mass is 9.96. The number of hydrogen-bond acceptors (Lipinski definition) is 2. The van der Waals surface area contributed by atoms with Crippen LogP contribution in [0.1, 0.15) is 17.3 Å². The van der Waals surface area contributed by atoms with Crippen LogP contribution >= 0.6 is 0 Å². The molecule has 1 aliphatic rings. The molecule has 26 heavy (non-hydrogen) atoms. The molecule has 0 bridgehead atoms. The van der Waals surface area contributed by atoms with Crippen molar-refractivity contribution in [2.24, 2.45) is 5.92 Å². The van der Waals surface area contributed by atoms with Gasteiger partial charge in [0, 0.05) is 17.5 Å². The monoisotopic (exact) mass is 349 g/mol. The lowest BCUT2D eigenvalue weighted by Crippen LogP contribution is -2.46. The third-order valence-corrected chi connectivity index (χ3v) is 5.03. The van der Waals surface area contributed by atoms with Crippen LogP contribution in [0.3, 0.4) is 0 Å². The van der Waals surface area contributed by atoms with E-state index in [-0.39, 0.29) is 17.8 Å². The summed E-state index contributed by atoms with van der Waals surface area (Å²) in [5, 5.41) is 5.08. The van der Waals surface area contributed by atoms with Gasteiger partial charge in [-0.25, -0.2) is 4.39 Å². The first-order chi connectivity index (χ1) is 12.6. The predicted octanol–water partition coefficient (Wildman–Crippen LogP) is 4.41. The molecule has 0 radical (unpaired) electrons. The molecule has 0 aliphatic carbocycles. The highest BCUT2D eigenvalue weighted by atomic mass is 19.1. The predicted molar refractivity (Wildman–Crippen MR) is 101 cm³/mol. The second-order valence-electron chi connectivity index (χ2n) is 6.81. The molecular formula is C22H20FNO2. The molecule has 0 spiro atoms. The van der Waals surface area contributed by atoms with Gasteiger partial charge in [0.2, 0.25) is 0 Å². The second kappa shape index (κ2) is 6.89. The van der Waals surface area contributed by atoms with Crippen LogP contribution in [-0.4, -0.2) is 25.2 Å². The number of ether oxygens (including phenoxy) is 1. The topological polar surface area (TPSA) is 38.3 Å². The van der Waals surface area contributed by atoms with E-state index in [1.165, 1.54) is 12.1 Å². The minimum absolute atomic E-state index is 0.0708. The highest BCUT2D eigenvalue weighted by Crippen LogP contribution is 2.29. The zero-order valence-electron chi connectivity index (χ0n) is 14.5. The minimum Gasteiger partial charge on any atom is -0.381 e. The van der Waals surface area contributed by atoms with Gasteiger partial charge in [-0.1, -0.05) is 36.4 Å². The minimum atomic E-state index is -0.251. The van der Waals surface area contributed by atoms with Crippen LogP contribution in [0.25, 0.3) is 21.9 Å². The van der Waals surface area contributed by atoms with Gasteiger partial charge < -0.3 is 10.1 Å². The van der Waals surface area contributed by atoms with Crippen molar-refractivity contribution in [2.75, 3.05) is 13.2 Å². The zero-order chi connectivity index (χ0) is 18.1. The van der Waals surface area contributed by atoms with E-state index in [1.807, 2.05) is 43.3 Å². The van der Waals surface area contributed by atoms with Crippen LogP contribution in [0.4, 0.5) is 4.39 Å². The first-order valence-corrected chi connectivity index (χ1v) is 8.79. The SMILES string of the molecule is CC(NC(=O)c1ccc2c(-c3ccc(F)cc3)cccc2c1)C1COC1. The number of fused-ring (bicyclic) bond motifs is 1. The number of halogens is 1. The molecule has 1 aliphatic heterocycles. The Kier molecular flexibility index (Phi) is 4.43. The number of nitrogens with one attached hydrogen (secondary N) is 1. The van der Waals surface area contributed by atoms with Gasteiger partial charge in [0.1, 0.15) is 5.82 Å². The van der Waals surface area contributed by atoms with Crippen molar-refractivity contribution >= 4 is 16.7 Å². The van der Waals surface area contributed by atoms with Gasteiger partial charge in [-0.05, 0) is 53.1 Å². The van der Waals surface area contributed by atoms with E-state index >= 15 is 0 Å². The van der Waals surface area contributed by atoms with Gasteiger partial charge in [0.15, 0.2) is 0 Å². The Balaban J connectivity index is 1.63. The maximum atomic E-state index is 13.2. The van der Waals surface area contributed by atoms with Crippen LogP contribution in [0, 0.1) is 11.7 Å². The fourth-order valence-corrected chi connectivity index (χ4v) is 3.26. The van der Waals surface area contributed by atoms with E-state index in [1.54, 1.807) is 12.1 Å². The number of benzene rings is 3. The van der Waals surface area contributed by atoms with Crippen molar-refractivity contribution in [3.63, 3.8) is 0 Å². The molecule has 1 atom stereocenters. The molecule has 3 nitrogen and oxygen atoms in total. The van der Waals surface area contributed by atoms with Crippen LogP contribution in [0.15, 0.2) is 60.7 Å². The summed E-state index contributed by atoms with van der Waals surface area (Å²) in [7, 11) is 0. The molecule has 1 saturated heterocycles. The van der Waals surface area contributed by atoms with Crippen LogP contribution < -0.4 is 5.32 Å². The van der Waals surface area contributed by atoms with E-state index in [4.69, 9.17) is 4.74 Å². The standard InChI is InChI=1S/C22H20FNO2/c1-14(18-12-26-13-18)24-22(25)17-7-10-21-16(11-17)3-2-4-20(21)15-5-8-19(23)9-6-15/h2-11,14,18H,12-13H2,1H3,(H,24,25). The first-order valence-electron chi connectivity index (χ1n) is 8.79. The summed E-state index contributed by atoms with van der Waals surface area (Å²) in [4.78, 5) is 12.5. The van der Waals surface area contributed by atoms with Gasteiger partial charge >= 0.3 is 0 Å². The lowest BCUT2D eigenvalue weighted by molar-refractivity contribution is -0.0453. The molecular weight excluding hydrogens is 329 g/mol. The molecule has 4 rings (SSSR count). The van der Waals surface area contributed by atoms with Crippen LogP contribution in [0.2, 0.25) is 0 Å². The average Bonchev–Trinajstić information content (AvgIpc) is 2.60. The van der Waals surface area contributed by atoms with Crippen LogP contribution in [-0.2, 0) is 4.74 Å². The zero-order valence-corrected chi connectivity index (χ0v) is 14.5. The lowest BCUT2D eigenvalue weighted by Gasteiger charge is -2.31. The number of carbonyl (C=O) groups is 1. The number of hydrogen-bond donors (Lipinski definition) is 1. The normalized spacial score (nSPS) is 15.5. The molecule has 1 heterocycles. The van der Waals surface area contributed by atoms with Gasteiger partial charge in [-0.3, -0.25) is 4.79 Å². The van der Waals surface area contributed by atoms with Crippen molar-refractivity contribution in [3.8, 4) is 11.1 Å². The largest absolute Gasteiger partial charge is 0.381 e. The number of carbonyl (C=O) groups excluding carboxylic acids is 1. The van der Waals surface area contributed by atoms with E-state index in [0.29, 0.717) is 24.7 Å². The van der Waals surface area contributed by atoms with E-state index in [2.05, 4.69) is 5.32 Å². The van der Waals surface area contributed by atoms with E-state index < -0.39 is 0 Å². The Morgan fingerprint density at radius 1 is 1.12 bits per heavy atom. The van der Waals surface area contributed by atoms with E-state index in [0.717, 1.165) is 21.9 Å². The molecule has 4 heteroatoms. The molecule has 1 N–H and O–H groups in total. The number of amides is 1. The fraction of sp³-hybridized carbons (Fsp3) is 0.227. The van der Waals surface area contributed by atoms with E-state index in [9.17, 15) is 9.18 Å². The van der Waals surface area contributed by atoms with Gasteiger partial charge in [0.25, 0.3) is 5.91 Å². The molecule has 132 valence electrons. The Bertz CT molecular complexity index is 948. The summed E-state index contributed by atoms with van der Waals surface area (Å²) in [6.45, 7) is 3.43. The maximum absolute atomic E-state index is 13.2. The van der Waals surface area contributed by atoms with Crippen LogP contribution in [0.5, 0.6) is 0 Å². The summed E-state index contributed by atoms with van der Waals surface area (Å²) < 4.78 is 18.4. The Morgan fingerprint density at radius 2 is 1.88 bits per heavy atom. The molecule has 1 amide bonds. The molecule has 1 unspecified atom stereocenters. The highest BCUT2D eigenvalue weighted by molar-refractivity contribution is 6.02. The third-order valence-electron chi connectivity index (χ3n) is 5.03. The Hall–Kier alpha value is -2.72. The Labute approximate surface area is 151 Å². The smallest absolute Gasteiger partial charge is 0.251 e. The Morgan fingerprint density at radius 3 is 2.58 bits per heavy atom. The number of rotatable bonds is 4. The van der Waals surface area contributed by atoms with Crippen molar-refractivity contribution in [1.82, 2.24) is 5.32 Å². The molecule has 3 aromatic rings. The second-order valence-corrected chi connectivity index (χ2v) is 6.81. The van der Waals surface area contributed by atoms with Crippen molar-refractivity contribution in [1.29, 1.82) is 0 Å². The first kappa shape index (κ1) is 16.7. The highest BCUT2D eigenvalue weighted by Gasteiger charge is 2.26. The average molecular weight is 349 g/mol. The quantitative estimate of drug-likeness (QED) is 0.758. The van der Waals surface area contributed by atoms with Gasteiger partial charge in [-0.2, -0.15) is 0 Å². The summed E-state index contributed by atoms with van der Waals surface area (Å²) >= 11 is 0. The van der Waals surface area contributed by atoms with Crippen molar-refractivity contribution < 1.29 is 13.9 Å². The summed E-state index contributed by atoms with van der Waals surface area (Å²) in [6.07, 6.45) is 0. The summed E-state index contributed by atoms with van der Waals surface area (Å²) in [6, 6.07) is 18.2. The van der Waals surface area contributed by atoms with Crippen molar-refractivity contribution in [2.45, 2.75) is 13.0 Å². The fourth-order valence-electron chi connectivity index (χ4n) is 3.26. The third kappa shape index (κ3) is 3.20. The molecule has 0 saturated carbocycles.